The summed E-state index contributed by atoms with van der Waals surface area (Å²) >= 11 is 7.35. The Hall–Kier alpha value is -3.28. The minimum atomic E-state index is -0.693. The van der Waals surface area contributed by atoms with E-state index in [4.69, 9.17) is 17.3 Å². The van der Waals surface area contributed by atoms with E-state index in [0.717, 1.165) is 11.3 Å². The van der Waals surface area contributed by atoms with Crippen molar-refractivity contribution in [2.45, 2.75) is 6.04 Å². The number of thioether (sulfide) groups is 1. The summed E-state index contributed by atoms with van der Waals surface area (Å²) in [7, 11) is 0. The number of fused-ring (bicyclic) bond motifs is 1. The molecule has 0 aromatic heterocycles. The molecule has 2 heterocycles. The van der Waals surface area contributed by atoms with Crippen molar-refractivity contribution in [2.24, 2.45) is 10.7 Å². The van der Waals surface area contributed by atoms with E-state index in [-0.39, 0.29) is 17.1 Å². The van der Waals surface area contributed by atoms with Crippen LogP contribution in [-0.2, 0) is 0 Å². The highest BCUT2D eigenvalue weighted by molar-refractivity contribution is 8.16. The first kappa shape index (κ1) is 18.1. The highest BCUT2D eigenvalue weighted by atomic mass is 35.5. The Morgan fingerprint density at radius 2 is 2.04 bits per heavy atom. The molecule has 4 rings (SSSR count). The first-order valence-corrected chi connectivity index (χ1v) is 9.40. The van der Waals surface area contributed by atoms with Gasteiger partial charge < -0.3 is 5.73 Å². The van der Waals surface area contributed by atoms with Crippen LogP contribution in [0.3, 0.4) is 0 Å². The van der Waals surface area contributed by atoms with Crippen molar-refractivity contribution in [2.75, 3.05) is 0 Å². The van der Waals surface area contributed by atoms with Gasteiger partial charge in [-0.25, -0.2) is 4.99 Å². The number of halogens is 1. The van der Waals surface area contributed by atoms with Crippen LogP contribution >= 0.6 is 23.4 Å². The second kappa shape index (κ2) is 7.03. The van der Waals surface area contributed by atoms with E-state index in [0.29, 0.717) is 15.8 Å². The molecule has 0 bridgehead atoms. The molecule has 0 aliphatic carbocycles. The van der Waals surface area contributed by atoms with Crippen LogP contribution in [0.1, 0.15) is 17.2 Å². The molecule has 0 radical (unpaired) electrons. The van der Waals surface area contributed by atoms with Gasteiger partial charge in [0.1, 0.15) is 17.9 Å². The van der Waals surface area contributed by atoms with Crippen molar-refractivity contribution in [1.82, 2.24) is 4.90 Å². The van der Waals surface area contributed by atoms with E-state index in [9.17, 15) is 15.4 Å². The topological polar surface area (TPSA) is 109 Å². The van der Waals surface area contributed by atoms with E-state index in [1.807, 2.05) is 17.5 Å². The van der Waals surface area contributed by atoms with Gasteiger partial charge in [0, 0.05) is 22.6 Å². The fourth-order valence-electron chi connectivity index (χ4n) is 3.06. The molecule has 9 heteroatoms. The smallest absolute Gasteiger partial charge is 0.269 e. The lowest BCUT2D eigenvalue weighted by atomic mass is 9.98. The number of hydrogen-bond acceptors (Lipinski definition) is 7. The number of hydrogen-bond donors (Lipinski definition) is 1. The van der Waals surface area contributed by atoms with Gasteiger partial charge in [-0.15, -0.1) is 0 Å². The van der Waals surface area contributed by atoms with E-state index in [1.165, 1.54) is 23.9 Å². The number of nitrogens with zero attached hydrogens (tertiary/aromatic N) is 4. The fraction of sp³-hybridized carbons (Fsp3) is 0.0526. The first-order valence-electron chi connectivity index (χ1n) is 8.14. The van der Waals surface area contributed by atoms with E-state index in [2.05, 4.69) is 11.1 Å². The Morgan fingerprint density at radius 3 is 2.71 bits per heavy atom. The van der Waals surface area contributed by atoms with Crippen LogP contribution in [0.15, 0.2) is 70.3 Å². The molecule has 0 saturated heterocycles. The molecular formula is C19H12ClN5O2S. The Bertz CT molecular complexity index is 1120. The van der Waals surface area contributed by atoms with Gasteiger partial charge in [0.25, 0.3) is 5.69 Å². The zero-order valence-electron chi connectivity index (χ0n) is 14.2. The number of amidine groups is 1. The molecule has 2 aliphatic heterocycles. The fourth-order valence-corrected chi connectivity index (χ4v) is 4.11. The summed E-state index contributed by atoms with van der Waals surface area (Å²) in [5.74, 6) is 0.259. The first-order chi connectivity index (χ1) is 13.5. The minimum Gasteiger partial charge on any atom is -0.384 e. The predicted molar refractivity (Wildman–Crippen MR) is 109 cm³/mol. The zero-order chi connectivity index (χ0) is 19.8. The molecule has 1 atom stereocenters. The van der Waals surface area contributed by atoms with E-state index in [1.54, 1.807) is 29.2 Å². The summed E-state index contributed by atoms with van der Waals surface area (Å²) in [6.07, 6.45) is 0. The number of nitriles is 1. The number of non-ortho nitro benzene ring substituents is 1. The average Bonchev–Trinajstić information content (AvgIpc) is 3.13. The zero-order valence-corrected chi connectivity index (χ0v) is 15.8. The molecule has 2 aromatic carbocycles. The van der Waals surface area contributed by atoms with Gasteiger partial charge in [-0.1, -0.05) is 47.6 Å². The third kappa shape index (κ3) is 3.01. The van der Waals surface area contributed by atoms with Crippen LogP contribution < -0.4 is 5.73 Å². The molecule has 0 amide bonds. The van der Waals surface area contributed by atoms with Crippen molar-refractivity contribution >= 4 is 39.9 Å². The molecule has 2 N–H and O–H groups in total. The number of benzene rings is 2. The molecule has 0 fully saturated rings. The third-order valence-electron chi connectivity index (χ3n) is 4.40. The van der Waals surface area contributed by atoms with E-state index < -0.39 is 11.0 Å². The minimum absolute atomic E-state index is 0.0601. The van der Waals surface area contributed by atoms with Crippen LogP contribution in [0.25, 0.3) is 5.70 Å². The van der Waals surface area contributed by atoms with Crippen molar-refractivity contribution in [3.63, 3.8) is 0 Å². The second-order valence-electron chi connectivity index (χ2n) is 6.04. The highest BCUT2D eigenvalue weighted by Crippen LogP contribution is 2.43. The number of nitro groups is 1. The van der Waals surface area contributed by atoms with Gasteiger partial charge in [-0.05, 0) is 23.3 Å². The molecule has 0 spiro atoms. The lowest BCUT2D eigenvalue weighted by molar-refractivity contribution is -0.384. The monoisotopic (exact) mass is 409 g/mol. The van der Waals surface area contributed by atoms with Gasteiger partial charge in [0.05, 0.1) is 16.2 Å². The molecule has 7 nitrogen and oxygen atoms in total. The van der Waals surface area contributed by atoms with Crippen molar-refractivity contribution < 1.29 is 4.92 Å². The summed E-state index contributed by atoms with van der Waals surface area (Å²) in [6.45, 7) is 0. The van der Waals surface area contributed by atoms with Crippen LogP contribution in [0.5, 0.6) is 0 Å². The maximum absolute atomic E-state index is 11.1. The van der Waals surface area contributed by atoms with Crippen molar-refractivity contribution in [1.29, 1.82) is 5.26 Å². The Labute approximate surface area is 169 Å². The molecule has 2 aliphatic rings. The number of nitrogens with two attached hydrogens (primary N) is 1. The lowest BCUT2D eigenvalue weighted by Crippen LogP contribution is -2.33. The van der Waals surface area contributed by atoms with E-state index >= 15 is 0 Å². The molecular weight excluding hydrogens is 398 g/mol. The quantitative estimate of drug-likeness (QED) is 0.594. The summed E-state index contributed by atoms with van der Waals surface area (Å²) in [6, 6.07) is 14.8. The Morgan fingerprint density at radius 1 is 1.29 bits per heavy atom. The lowest BCUT2D eigenvalue weighted by Gasteiger charge is -2.30. The molecule has 28 heavy (non-hydrogen) atoms. The van der Waals surface area contributed by atoms with Crippen LogP contribution in [0.2, 0.25) is 5.02 Å². The van der Waals surface area contributed by atoms with Gasteiger partial charge in [-0.2, -0.15) is 5.26 Å². The molecule has 1 unspecified atom stereocenters. The van der Waals surface area contributed by atoms with Gasteiger partial charge in [0.15, 0.2) is 5.17 Å². The standard InChI is InChI=1S/C19H12ClN5O2S/c20-13-6-4-11(5-7-13)16-10-28-19-23-17(15(9-21)18(22)24(16)19)12-2-1-3-14(8-12)25(26)27/h1-8,10,17H,22H2. The highest BCUT2D eigenvalue weighted by Gasteiger charge is 2.36. The maximum Gasteiger partial charge on any atom is 0.269 e. The maximum atomic E-state index is 11.1. The average molecular weight is 410 g/mol. The molecule has 138 valence electrons. The normalized spacial score (nSPS) is 18.3. The van der Waals surface area contributed by atoms with Crippen LogP contribution in [0.4, 0.5) is 5.69 Å². The summed E-state index contributed by atoms with van der Waals surface area (Å²) in [5.41, 5.74) is 8.75. The van der Waals surface area contributed by atoms with Gasteiger partial charge >= 0.3 is 0 Å². The third-order valence-corrected chi connectivity index (χ3v) is 5.49. The number of rotatable bonds is 3. The SMILES string of the molecule is N#CC1=C(N)N2C(c3ccc(Cl)cc3)=CSC2=NC1c1cccc([N+](=O)[O-])c1. The van der Waals surface area contributed by atoms with Crippen molar-refractivity contribution in [3.8, 4) is 6.07 Å². The molecule has 0 saturated carbocycles. The number of nitro benzene ring substituents is 1. The Kier molecular flexibility index (Phi) is 4.55. The summed E-state index contributed by atoms with van der Waals surface area (Å²) in [5, 5.41) is 24.0. The second-order valence-corrected chi connectivity index (χ2v) is 7.31. The van der Waals surface area contributed by atoms with Gasteiger partial charge in [-0.3, -0.25) is 15.0 Å². The summed E-state index contributed by atoms with van der Waals surface area (Å²) in [4.78, 5) is 17.0. The van der Waals surface area contributed by atoms with Crippen molar-refractivity contribution in [3.05, 3.63) is 91.6 Å². The van der Waals surface area contributed by atoms with Crippen LogP contribution in [0, 0.1) is 21.4 Å². The van der Waals surface area contributed by atoms with Gasteiger partial charge in [0.2, 0.25) is 0 Å². The Balaban J connectivity index is 1.76. The number of aliphatic imine (C=N–C) groups is 1. The predicted octanol–water partition coefficient (Wildman–Crippen LogP) is 4.40. The van der Waals surface area contributed by atoms with Crippen LogP contribution in [-0.4, -0.2) is 15.0 Å². The molecule has 2 aromatic rings. The largest absolute Gasteiger partial charge is 0.384 e. The summed E-state index contributed by atoms with van der Waals surface area (Å²) < 4.78 is 0.